The average Bonchev–Trinajstić information content (AvgIpc) is 2.79. The van der Waals surface area contributed by atoms with E-state index in [0.29, 0.717) is 0 Å². The van der Waals surface area contributed by atoms with Crippen molar-refractivity contribution < 1.29 is 32.3 Å². The Morgan fingerprint density at radius 2 is 1.78 bits per heavy atom. The number of nitrogens with zero attached hydrogens (tertiary/aromatic N) is 2. The molecule has 172 valence electrons. The molecular weight excluding hydrogens is 442 g/mol. The molecule has 11 nitrogen and oxygen atoms in total. The van der Waals surface area contributed by atoms with E-state index in [1.807, 2.05) is 30.3 Å². The quantitative estimate of drug-likeness (QED) is 0.461. The van der Waals surface area contributed by atoms with Crippen LogP contribution in [0.2, 0.25) is 0 Å². The highest BCUT2D eigenvalue weighted by Crippen LogP contribution is 2.26. The third-order valence-corrected chi connectivity index (χ3v) is 6.53. The lowest BCUT2D eigenvalue weighted by molar-refractivity contribution is -0.387. The minimum Gasteiger partial charge on any atom is -0.445 e. The molecule has 1 saturated heterocycles. The number of carbonyl (C=O) groups excluding carboxylic acids is 1. The minimum absolute atomic E-state index is 0.0878. The van der Waals surface area contributed by atoms with Gasteiger partial charge in [-0.15, -0.1) is 0 Å². The van der Waals surface area contributed by atoms with E-state index in [2.05, 4.69) is 5.32 Å². The number of nitrogens with one attached hydrogen (secondary N) is 1. The van der Waals surface area contributed by atoms with E-state index in [0.717, 1.165) is 15.9 Å². The van der Waals surface area contributed by atoms with Gasteiger partial charge in [0, 0.05) is 13.1 Å². The van der Waals surface area contributed by atoms with Crippen molar-refractivity contribution in [1.82, 2.24) is 9.62 Å². The summed E-state index contributed by atoms with van der Waals surface area (Å²) in [5.74, 6) is 0. The van der Waals surface area contributed by atoms with E-state index < -0.39 is 44.0 Å². The zero-order valence-corrected chi connectivity index (χ0v) is 18.1. The third-order valence-electron chi connectivity index (χ3n) is 4.66. The smallest absolute Gasteiger partial charge is 0.407 e. The number of hydrogen-bond acceptors (Lipinski definition) is 8. The second-order valence-corrected chi connectivity index (χ2v) is 9.02. The first-order valence-electron chi connectivity index (χ1n) is 9.67. The van der Waals surface area contributed by atoms with Gasteiger partial charge < -0.3 is 19.5 Å². The lowest BCUT2D eigenvalue weighted by Gasteiger charge is -2.31. The molecule has 0 radical (unpaired) electrons. The second kappa shape index (κ2) is 10.5. The first-order chi connectivity index (χ1) is 15.3. The van der Waals surface area contributed by atoms with Crippen LogP contribution in [0.4, 0.5) is 10.5 Å². The van der Waals surface area contributed by atoms with Gasteiger partial charge in [-0.05, 0) is 11.6 Å². The molecule has 0 aliphatic carbocycles. The molecule has 1 aliphatic heterocycles. The number of sulfonamides is 1. The lowest BCUT2D eigenvalue weighted by Crippen LogP contribution is -2.49. The molecule has 0 bridgehead atoms. The maximum absolute atomic E-state index is 12.8. The number of ether oxygens (including phenoxy) is 3. The molecular formula is C20H23N3O8S. The van der Waals surface area contributed by atoms with Crippen molar-refractivity contribution >= 4 is 21.8 Å². The molecule has 2 aromatic rings. The highest BCUT2D eigenvalue weighted by molar-refractivity contribution is 7.89. The van der Waals surface area contributed by atoms with Gasteiger partial charge >= 0.3 is 6.09 Å². The van der Waals surface area contributed by atoms with Crippen LogP contribution < -0.4 is 5.32 Å². The molecule has 0 unspecified atom stereocenters. The summed E-state index contributed by atoms with van der Waals surface area (Å²) in [5.41, 5.74) is 0.338. The number of rotatable bonds is 8. The van der Waals surface area contributed by atoms with Crippen LogP contribution in [0.3, 0.4) is 0 Å². The fourth-order valence-electron chi connectivity index (χ4n) is 2.97. The highest BCUT2D eigenvalue weighted by atomic mass is 32.2. The molecule has 2 aromatic carbocycles. The van der Waals surface area contributed by atoms with Gasteiger partial charge in [-0.2, -0.15) is 4.31 Å². The predicted octanol–water partition coefficient (Wildman–Crippen LogP) is 1.88. The number of alkyl carbamates (subject to hydrolysis) is 1. The van der Waals surface area contributed by atoms with Gasteiger partial charge in [-0.3, -0.25) is 10.1 Å². The second-order valence-electron chi connectivity index (χ2n) is 7.01. The molecule has 3 rings (SSSR count). The molecule has 1 fully saturated rings. The Hall–Kier alpha value is -3.06. The van der Waals surface area contributed by atoms with E-state index in [4.69, 9.17) is 14.2 Å². The first kappa shape index (κ1) is 23.6. The van der Waals surface area contributed by atoms with Crippen molar-refractivity contribution in [2.45, 2.75) is 23.8 Å². The first-order valence-corrected chi connectivity index (χ1v) is 11.1. The van der Waals surface area contributed by atoms with Crippen molar-refractivity contribution in [3.8, 4) is 0 Å². The van der Waals surface area contributed by atoms with E-state index in [1.54, 1.807) is 0 Å². The highest BCUT2D eigenvalue weighted by Gasteiger charge is 2.32. The minimum atomic E-state index is -4.14. The van der Waals surface area contributed by atoms with Crippen LogP contribution in [0.15, 0.2) is 59.5 Å². The fourth-order valence-corrected chi connectivity index (χ4v) is 4.28. The SMILES string of the molecule is CN(CC1OCC(NC(=O)OCc2ccccc2)CO1)S(=O)(=O)c1ccccc1[N+](=O)[O-]. The Morgan fingerprint density at radius 1 is 1.16 bits per heavy atom. The monoisotopic (exact) mass is 465 g/mol. The van der Waals surface area contributed by atoms with Crippen molar-refractivity contribution in [1.29, 1.82) is 0 Å². The van der Waals surface area contributed by atoms with Crippen molar-refractivity contribution in [2.24, 2.45) is 0 Å². The van der Waals surface area contributed by atoms with Crippen LogP contribution in [0.25, 0.3) is 0 Å². The summed E-state index contributed by atoms with van der Waals surface area (Å²) in [4.78, 5) is 21.9. The Kier molecular flexibility index (Phi) is 7.75. The molecule has 1 aliphatic rings. The number of benzene rings is 2. The summed E-state index contributed by atoms with van der Waals surface area (Å²) in [5, 5.41) is 13.8. The van der Waals surface area contributed by atoms with Crippen LogP contribution in [0.1, 0.15) is 5.56 Å². The van der Waals surface area contributed by atoms with Crippen LogP contribution in [0.5, 0.6) is 0 Å². The van der Waals surface area contributed by atoms with Gasteiger partial charge in [-0.25, -0.2) is 13.2 Å². The molecule has 1 heterocycles. The Bertz CT molecular complexity index is 1040. The molecule has 0 aromatic heterocycles. The summed E-state index contributed by atoms with van der Waals surface area (Å²) in [6.07, 6.45) is -1.52. The standard InChI is InChI=1S/C20H23N3O8S/c1-22(32(27,28)18-10-6-5-9-17(18)23(25)26)11-19-29-13-16(14-30-19)21-20(24)31-12-15-7-3-2-4-8-15/h2-10,16,19H,11-14H2,1H3,(H,21,24). The third kappa shape index (κ3) is 6.01. The molecule has 32 heavy (non-hydrogen) atoms. The topological polar surface area (TPSA) is 137 Å². The van der Waals surface area contributed by atoms with Gasteiger partial charge in [-0.1, -0.05) is 42.5 Å². The largest absolute Gasteiger partial charge is 0.445 e. The number of hydrogen-bond donors (Lipinski definition) is 1. The van der Waals surface area contributed by atoms with Gasteiger partial charge in [0.15, 0.2) is 11.2 Å². The average molecular weight is 465 g/mol. The predicted molar refractivity (Wildman–Crippen MR) is 112 cm³/mol. The number of carbonyl (C=O) groups is 1. The van der Waals surface area contributed by atoms with E-state index in [1.165, 1.54) is 25.2 Å². The molecule has 12 heteroatoms. The van der Waals surface area contributed by atoms with Crippen LogP contribution in [-0.2, 0) is 30.8 Å². The van der Waals surface area contributed by atoms with Crippen molar-refractivity contribution in [3.05, 3.63) is 70.3 Å². The summed E-state index contributed by atoms with van der Waals surface area (Å²) < 4.78 is 42.6. The van der Waals surface area contributed by atoms with Gasteiger partial charge in [0.2, 0.25) is 10.0 Å². The van der Waals surface area contributed by atoms with Crippen molar-refractivity contribution in [3.63, 3.8) is 0 Å². The summed E-state index contributed by atoms with van der Waals surface area (Å²) in [7, 11) is -2.86. The summed E-state index contributed by atoms with van der Waals surface area (Å²) >= 11 is 0. The van der Waals surface area contributed by atoms with Crippen molar-refractivity contribution in [2.75, 3.05) is 26.8 Å². The van der Waals surface area contributed by atoms with Gasteiger partial charge in [0.25, 0.3) is 5.69 Å². The summed E-state index contributed by atoms with van der Waals surface area (Å²) in [6.45, 7) is 0.118. The Labute approximate surface area is 185 Å². The summed E-state index contributed by atoms with van der Waals surface area (Å²) in [6, 6.07) is 13.8. The number of likely N-dealkylation sites (N-methyl/N-ethyl adjacent to an activating group) is 1. The Balaban J connectivity index is 1.48. The lowest BCUT2D eigenvalue weighted by atomic mass is 10.2. The van der Waals surface area contributed by atoms with Crippen LogP contribution in [-0.4, -0.2) is 62.9 Å². The van der Waals surface area contributed by atoms with E-state index >= 15 is 0 Å². The number of para-hydroxylation sites is 1. The molecule has 1 N–H and O–H groups in total. The van der Waals surface area contributed by atoms with Crippen LogP contribution in [0, 0.1) is 10.1 Å². The normalized spacial score (nSPS) is 18.8. The van der Waals surface area contributed by atoms with E-state index in [-0.39, 0.29) is 26.4 Å². The molecule has 0 atom stereocenters. The zero-order valence-electron chi connectivity index (χ0n) is 17.2. The van der Waals surface area contributed by atoms with E-state index in [9.17, 15) is 23.3 Å². The van der Waals surface area contributed by atoms with Crippen LogP contribution >= 0.6 is 0 Å². The molecule has 0 saturated carbocycles. The molecule has 1 amide bonds. The Morgan fingerprint density at radius 3 is 2.44 bits per heavy atom. The maximum atomic E-state index is 12.8. The fraction of sp³-hybridized carbons (Fsp3) is 0.350. The van der Waals surface area contributed by atoms with Gasteiger partial charge in [0.05, 0.1) is 30.7 Å². The number of amides is 1. The van der Waals surface area contributed by atoms with Gasteiger partial charge in [0.1, 0.15) is 6.61 Å². The number of nitro groups is 1. The zero-order chi connectivity index (χ0) is 23.1. The molecule has 0 spiro atoms. The maximum Gasteiger partial charge on any atom is 0.407 e. The number of nitro benzene ring substituents is 1.